The van der Waals surface area contributed by atoms with Gasteiger partial charge in [0.15, 0.2) is 0 Å². The minimum absolute atomic E-state index is 0. The summed E-state index contributed by atoms with van der Waals surface area (Å²) in [5.41, 5.74) is 38.6. The summed E-state index contributed by atoms with van der Waals surface area (Å²) < 4.78 is 0. The molecule has 0 saturated carbocycles. The van der Waals surface area contributed by atoms with Gasteiger partial charge >= 0.3 is 86.9 Å². The molecule has 0 saturated heterocycles. The van der Waals surface area contributed by atoms with Gasteiger partial charge in [-0.15, -0.1) is 0 Å². The Hall–Kier alpha value is -7.30. The van der Waals surface area contributed by atoms with Gasteiger partial charge in [0.2, 0.25) is 0 Å². The SMILES string of the molecule is CC(C)c1ccc(-c2ccc3c(c2)C(C)(C)c2cc(C(C)C)ccc2-3)c(O)c1.CC(C)c1ccc(-c2ccc3c(c2)C(C)(C)c2ccccc2-3)c(O)c1.CCCCCCC1(CCCCCC)c2ccccc2-c2ccc(-c3cc(C(C)(C)C)cc(C(C)(C)C)c3O)cc21.CCCCCCC1(CCCCCC)c2ccccc2-c2ccc(-c3cc(C)cc(C(C)(C)C)c3O)cc21.[CH3-].[CH3-].[CH3-].[CH3-].[CH3-].[CH3-].[CH3-].[CH3-].[CH3-].[CH3-].[CH3-].[CH3-].[Ti+3].[Ti+3].[Ti+3].[Ti+3]. The van der Waals surface area contributed by atoms with Crippen molar-refractivity contribution in [1.29, 1.82) is 0 Å². The van der Waals surface area contributed by atoms with Crippen LogP contribution in [0.4, 0.5) is 0 Å². The van der Waals surface area contributed by atoms with Crippen molar-refractivity contribution in [1.82, 2.24) is 0 Å². The molecular weight excluding hydrogens is 1910 g/mol. The largest absolute Gasteiger partial charge is 3.00 e. The van der Waals surface area contributed by atoms with Gasteiger partial charge in [0.1, 0.15) is 23.0 Å². The minimum Gasteiger partial charge on any atom is -0.507 e. The molecule has 12 aromatic carbocycles. The molecule has 784 valence electrons. The molecule has 4 radical (unpaired) electrons. The van der Waals surface area contributed by atoms with Gasteiger partial charge in [-0.1, -0.05) is 438 Å². The first-order chi connectivity index (χ1) is 61.7. The summed E-state index contributed by atoms with van der Waals surface area (Å²) in [4.78, 5) is 0. The van der Waals surface area contributed by atoms with E-state index in [-0.39, 0.29) is 214 Å². The van der Waals surface area contributed by atoms with Crippen molar-refractivity contribution >= 4 is 0 Å². The predicted molar refractivity (Wildman–Crippen MR) is 637 cm³/mol. The van der Waals surface area contributed by atoms with E-state index < -0.39 is 0 Å². The molecule has 0 atom stereocenters. The molecule has 8 heteroatoms. The molecule has 12 aromatic rings. The van der Waals surface area contributed by atoms with Crippen molar-refractivity contribution < 1.29 is 107 Å². The van der Waals surface area contributed by atoms with Gasteiger partial charge in [-0.3, -0.25) is 0 Å². The third-order valence-corrected chi connectivity index (χ3v) is 29.8. The molecule has 0 unspecified atom stereocenters. The molecule has 4 N–H and O–H groups in total. The van der Waals surface area contributed by atoms with Crippen LogP contribution in [0.1, 0.15) is 389 Å². The molecule has 4 nitrogen and oxygen atoms in total. The summed E-state index contributed by atoms with van der Waals surface area (Å²) in [7, 11) is 0. The first-order valence-electron chi connectivity index (χ1n) is 50.2. The summed E-state index contributed by atoms with van der Waals surface area (Å²) in [5, 5.41) is 44.4. The molecule has 4 aliphatic carbocycles. The first-order valence-corrected chi connectivity index (χ1v) is 50.2. The van der Waals surface area contributed by atoms with E-state index in [0.29, 0.717) is 40.8 Å². The topological polar surface area (TPSA) is 80.9 Å². The summed E-state index contributed by atoms with van der Waals surface area (Å²) >= 11 is 0. The van der Waals surface area contributed by atoms with Gasteiger partial charge in [-0.2, -0.15) is 0 Å². The van der Waals surface area contributed by atoms with Crippen LogP contribution in [0.25, 0.3) is 89.0 Å². The Morgan fingerprint density at radius 3 is 0.808 bits per heavy atom. The van der Waals surface area contributed by atoms with E-state index in [1.165, 1.54) is 234 Å². The van der Waals surface area contributed by atoms with Crippen molar-refractivity contribution in [3.05, 3.63) is 397 Å². The Morgan fingerprint density at radius 1 is 0.240 bits per heavy atom. The van der Waals surface area contributed by atoms with Crippen molar-refractivity contribution in [2.24, 2.45) is 0 Å². The van der Waals surface area contributed by atoms with E-state index >= 15 is 0 Å². The van der Waals surface area contributed by atoms with Gasteiger partial charge in [0, 0.05) is 55.0 Å². The van der Waals surface area contributed by atoms with Crippen LogP contribution in [0.5, 0.6) is 23.0 Å². The van der Waals surface area contributed by atoms with Crippen LogP contribution in [0.2, 0.25) is 0 Å². The third kappa shape index (κ3) is 30.6. The van der Waals surface area contributed by atoms with Crippen LogP contribution in [0.3, 0.4) is 0 Å². The van der Waals surface area contributed by atoms with Gasteiger partial charge in [0.05, 0.1) is 0 Å². The molecule has 4 aliphatic rings. The monoisotopic (exact) mass is 2110 g/mol. The van der Waals surface area contributed by atoms with Gasteiger partial charge in [0.25, 0.3) is 0 Å². The Morgan fingerprint density at radius 2 is 0.493 bits per heavy atom. The number of phenolic OH excluding ortho intramolecular Hbond substituents is 4. The fourth-order valence-electron chi connectivity index (χ4n) is 21.9. The fourth-order valence-corrected chi connectivity index (χ4v) is 21.9. The summed E-state index contributed by atoms with van der Waals surface area (Å²) in [6.07, 6.45) is 25.4. The van der Waals surface area contributed by atoms with E-state index in [2.05, 4.69) is 372 Å². The van der Waals surface area contributed by atoms with Gasteiger partial charge in [-0.05, 0) is 254 Å². The number of aryl methyl sites for hydroxylation is 1. The normalized spacial score (nSPS) is 12.7. The van der Waals surface area contributed by atoms with Crippen LogP contribution in [0, 0.1) is 96.0 Å². The second kappa shape index (κ2) is 60.8. The zero-order chi connectivity index (χ0) is 93.7. The van der Waals surface area contributed by atoms with Crippen molar-refractivity contribution in [3.8, 4) is 112 Å². The minimum atomic E-state index is -0.143. The van der Waals surface area contributed by atoms with Crippen molar-refractivity contribution in [3.63, 3.8) is 0 Å². The summed E-state index contributed by atoms with van der Waals surface area (Å²) in [6.45, 7) is 53.6. The molecule has 146 heavy (non-hydrogen) atoms. The van der Waals surface area contributed by atoms with Crippen LogP contribution < -0.4 is 0 Å². The number of hydrogen-bond acceptors (Lipinski definition) is 4. The number of benzene rings is 12. The van der Waals surface area contributed by atoms with Crippen LogP contribution in [-0.4, -0.2) is 20.4 Å². The number of rotatable bonds is 27. The van der Waals surface area contributed by atoms with Crippen molar-refractivity contribution in [2.45, 2.75) is 350 Å². The summed E-state index contributed by atoms with van der Waals surface area (Å²) in [6, 6.07) is 82.2. The van der Waals surface area contributed by atoms with E-state index in [4.69, 9.17) is 0 Å². The molecule has 0 fully saturated rings. The van der Waals surface area contributed by atoms with E-state index in [9.17, 15) is 20.4 Å². The third-order valence-electron chi connectivity index (χ3n) is 29.8. The molecule has 0 bridgehead atoms. The van der Waals surface area contributed by atoms with E-state index in [0.717, 1.165) is 66.8 Å². The standard InChI is InChI=1S/C39H54O.C36H48O.C27H30O.C24H24O.12CH3.4Ti/c1-9-11-13-17-23-39(24-18-14-12-10-2)33-20-16-15-19-30(33)31-22-21-28(25-34(31)39)32-26-29(37(3,4)5)27-35(36(32)40)38(6,7)8;1-7-9-11-15-21-36(22-16-12-10-8-2)31-18-14-13-17-28(31)29-20-19-27(25-32(29)36)30-23-26(3)24-33(34(30)37)35(4,5)6;1-16(2)18-8-11-22-23-12-9-20(14-25(23)27(5,6)24(22)13-18)21-10-7-19(17(3)4)15-26(21)28;1-15(2)16-9-11-18(23(25)14-16)17-10-12-20-19-7-5-6-8-21(19)24(3,4)22(20)13-17;;;;;;;;;;;;;;;;/h15-16,19-22,25-27,40H,9-14,17-18,23-24H2,1-8H3;13-14,17-20,23-25,37H,7-12,15-16,21-22H2,1-6H3;7-17,28H,1-6H3;5-15,25H,1-4H3;12*1H3;;;;/q;;;;12*-1;4*+3. The molecular formula is C138H192O4Ti4. The average molecular weight is 2110 g/mol. The quantitative estimate of drug-likeness (QED) is 0.0235. The maximum atomic E-state index is 11.7. The van der Waals surface area contributed by atoms with Crippen molar-refractivity contribution in [2.75, 3.05) is 0 Å². The molecule has 0 aromatic heterocycles. The number of phenols is 4. The van der Waals surface area contributed by atoms with Crippen LogP contribution in [0.15, 0.2) is 224 Å². The smallest absolute Gasteiger partial charge is 0.507 e. The van der Waals surface area contributed by atoms with Gasteiger partial charge in [-0.25, -0.2) is 0 Å². The number of unbranched alkanes of at least 4 members (excludes halogenated alkanes) is 12. The van der Waals surface area contributed by atoms with E-state index in [1.54, 1.807) is 0 Å². The predicted octanol–water partition coefficient (Wildman–Crippen LogP) is 42.2. The molecule has 0 spiro atoms. The zero-order valence-electron chi connectivity index (χ0n) is 98.0. The molecule has 0 aliphatic heterocycles. The van der Waals surface area contributed by atoms with Crippen LogP contribution >= 0.6 is 0 Å². The molecule has 16 rings (SSSR count). The Balaban J connectivity index is -0.000000899. The average Bonchev–Trinajstić information content (AvgIpc) is 2.11. The second-order valence-electron chi connectivity index (χ2n) is 44.0. The zero-order valence-corrected chi connectivity index (χ0v) is 104. The number of aromatic hydroxyl groups is 4. The second-order valence-corrected chi connectivity index (χ2v) is 44.0. The maximum Gasteiger partial charge on any atom is 3.00 e. The maximum absolute atomic E-state index is 11.7. The molecule has 0 amide bonds. The first kappa shape index (κ1) is 145. The summed E-state index contributed by atoms with van der Waals surface area (Å²) in [5.74, 6) is 2.94. The number of hydrogen-bond donors (Lipinski definition) is 4. The molecule has 0 heterocycles. The fraction of sp³-hybridized carbons (Fsp3) is 0.391. The number of fused-ring (bicyclic) bond motifs is 12. The van der Waals surface area contributed by atoms with Gasteiger partial charge < -0.3 is 110 Å². The Bertz CT molecular complexity index is 5980. The Kier molecular flexibility index (Phi) is 60.4. The Labute approximate surface area is 957 Å². The van der Waals surface area contributed by atoms with Crippen LogP contribution in [-0.2, 0) is 125 Å². The van der Waals surface area contributed by atoms with E-state index in [1.807, 2.05) is 18.2 Å².